The fourth-order valence-electron chi connectivity index (χ4n) is 3.34. The van der Waals surface area contributed by atoms with Crippen LogP contribution in [0.2, 0.25) is 0 Å². The summed E-state index contributed by atoms with van der Waals surface area (Å²) in [7, 11) is 0. The van der Waals surface area contributed by atoms with E-state index in [1.54, 1.807) is 13.3 Å². The number of imidazole rings is 1. The van der Waals surface area contributed by atoms with Crippen LogP contribution in [0, 0.1) is 6.92 Å². The first kappa shape index (κ1) is 18.3. The molecular formula is C17H19F3N8. The molecule has 0 fully saturated rings. The van der Waals surface area contributed by atoms with Gasteiger partial charge in [0, 0.05) is 18.9 Å². The summed E-state index contributed by atoms with van der Waals surface area (Å²) >= 11 is 0. The average Bonchev–Trinajstić information content (AvgIpc) is 3.31. The molecule has 3 heterocycles. The lowest BCUT2D eigenvalue weighted by Gasteiger charge is -2.13. The van der Waals surface area contributed by atoms with Gasteiger partial charge in [-0.15, -0.1) is 0 Å². The van der Waals surface area contributed by atoms with Gasteiger partial charge in [0.15, 0.2) is 0 Å². The Morgan fingerprint density at radius 2 is 2.14 bits per heavy atom. The normalized spacial score (nSPS) is 16.2. The molecule has 8 nitrogen and oxygen atoms in total. The number of halogens is 3. The first-order chi connectivity index (χ1) is 13.4. The van der Waals surface area contributed by atoms with E-state index in [-0.39, 0.29) is 17.8 Å². The molecule has 0 bridgehead atoms. The van der Waals surface area contributed by atoms with Crippen molar-refractivity contribution in [3.05, 3.63) is 41.4 Å². The topological polar surface area (TPSA) is 96.3 Å². The third-order valence-corrected chi connectivity index (χ3v) is 4.66. The molecule has 3 N–H and O–H groups in total. The maximum atomic E-state index is 13.1. The Kier molecular flexibility index (Phi) is 4.44. The molecule has 3 aromatic rings. The van der Waals surface area contributed by atoms with Crippen molar-refractivity contribution < 1.29 is 13.2 Å². The Morgan fingerprint density at radius 1 is 1.32 bits per heavy atom. The minimum absolute atomic E-state index is 0.0533. The number of nitrogens with one attached hydrogen (secondary N) is 3. The number of alkyl halides is 3. The van der Waals surface area contributed by atoms with Crippen molar-refractivity contribution in [3.8, 4) is 0 Å². The van der Waals surface area contributed by atoms with Gasteiger partial charge in [-0.1, -0.05) is 0 Å². The summed E-state index contributed by atoms with van der Waals surface area (Å²) in [5.41, 5.74) is 2.50. The van der Waals surface area contributed by atoms with Gasteiger partial charge in [-0.05, 0) is 26.7 Å². The molecule has 3 aromatic heterocycles. The molecule has 4 rings (SSSR count). The van der Waals surface area contributed by atoms with Crippen LogP contribution < -0.4 is 10.6 Å². The maximum Gasteiger partial charge on any atom is 0.421 e. The van der Waals surface area contributed by atoms with E-state index in [4.69, 9.17) is 0 Å². The summed E-state index contributed by atoms with van der Waals surface area (Å²) in [6, 6.07) is 0.0533. The van der Waals surface area contributed by atoms with Gasteiger partial charge in [0.2, 0.25) is 5.95 Å². The number of aryl methyl sites for hydroxylation is 2. The molecule has 0 amide bonds. The van der Waals surface area contributed by atoms with Gasteiger partial charge in [-0.3, -0.25) is 4.68 Å². The third kappa shape index (κ3) is 3.27. The standard InChI is InChI=1S/C17H19F3N8/c1-3-21-15-10(17(18,19)20)6-22-16(26-15)25-12-7-28(27-9(12)2)13-5-4-11-14(13)24-8-23-11/h6-8,13H,3-5H2,1-2H3,(H,23,24)(H2,21,22,25,26). The summed E-state index contributed by atoms with van der Waals surface area (Å²) in [4.78, 5) is 15.3. The highest BCUT2D eigenvalue weighted by atomic mass is 19.4. The fourth-order valence-corrected chi connectivity index (χ4v) is 3.34. The van der Waals surface area contributed by atoms with Crippen molar-refractivity contribution in [1.29, 1.82) is 0 Å². The second-order valence-corrected chi connectivity index (χ2v) is 6.53. The average molecular weight is 392 g/mol. The highest BCUT2D eigenvalue weighted by Crippen LogP contribution is 2.35. The Bertz CT molecular complexity index is 991. The summed E-state index contributed by atoms with van der Waals surface area (Å²) in [5.74, 6) is -0.185. The van der Waals surface area contributed by atoms with E-state index in [1.165, 1.54) is 0 Å². The lowest BCUT2D eigenvalue weighted by atomic mass is 10.2. The zero-order chi connectivity index (χ0) is 19.9. The molecule has 148 valence electrons. The molecule has 11 heteroatoms. The Hall–Kier alpha value is -3.11. The number of rotatable bonds is 5. The predicted octanol–water partition coefficient (Wildman–Crippen LogP) is 3.43. The first-order valence-electron chi connectivity index (χ1n) is 8.89. The van der Waals surface area contributed by atoms with Crippen LogP contribution in [0.1, 0.15) is 42.0 Å². The quantitative estimate of drug-likeness (QED) is 0.616. The summed E-state index contributed by atoms with van der Waals surface area (Å²) in [6.07, 6.45) is 1.49. The minimum atomic E-state index is -4.53. The lowest BCUT2D eigenvalue weighted by Crippen LogP contribution is -2.14. The predicted molar refractivity (Wildman–Crippen MR) is 96.5 cm³/mol. The van der Waals surface area contributed by atoms with Crippen LogP contribution in [-0.4, -0.2) is 36.3 Å². The zero-order valence-corrected chi connectivity index (χ0v) is 15.3. The summed E-state index contributed by atoms with van der Waals surface area (Å²) < 4.78 is 41.1. The number of hydrogen-bond acceptors (Lipinski definition) is 6. The highest BCUT2D eigenvalue weighted by molar-refractivity contribution is 5.58. The number of anilines is 3. The van der Waals surface area contributed by atoms with E-state index in [0.717, 1.165) is 30.4 Å². The van der Waals surface area contributed by atoms with Crippen LogP contribution in [0.5, 0.6) is 0 Å². The number of H-pyrrole nitrogens is 1. The van der Waals surface area contributed by atoms with Gasteiger partial charge in [-0.25, -0.2) is 9.97 Å². The van der Waals surface area contributed by atoms with Crippen LogP contribution in [-0.2, 0) is 12.6 Å². The zero-order valence-electron chi connectivity index (χ0n) is 15.3. The van der Waals surface area contributed by atoms with Gasteiger partial charge >= 0.3 is 6.18 Å². The molecule has 0 radical (unpaired) electrons. The van der Waals surface area contributed by atoms with Crippen molar-refractivity contribution in [3.63, 3.8) is 0 Å². The van der Waals surface area contributed by atoms with E-state index in [1.807, 2.05) is 17.8 Å². The Balaban J connectivity index is 1.60. The molecule has 28 heavy (non-hydrogen) atoms. The molecule has 1 aliphatic carbocycles. The first-order valence-corrected chi connectivity index (χ1v) is 8.89. The Morgan fingerprint density at radius 3 is 2.89 bits per heavy atom. The molecule has 1 aliphatic rings. The maximum absolute atomic E-state index is 13.1. The van der Waals surface area contributed by atoms with Crippen molar-refractivity contribution in [2.75, 3.05) is 17.2 Å². The van der Waals surface area contributed by atoms with Crippen molar-refractivity contribution >= 4 is 17.5 Å². The van der Waals surface area contributed by atoms with Crippen molar-refractivity contribution in [2.45, 2.75) is 38.9 Å². The molecular weight excluding hydrogens is 373 g/mol. The van der Waals surface area contributed by atoms with Crippen molar-refractivity contribution in [2.24, 2.45) is 0 Å². The second kappa shape index (κ2) is 6.80. The largest absolute Gasteiger partial charge is 0.421 e. The number of nitrogens with zero attached hydrogens (tertiary/aromatic N) is 5. The third-order valence-electron chi connectivity index (χ3n) is 4.66. The molecule has 0 aromatic carbocycles. The lowest BCUT2D eigenvalue weighted by molar-refractivity contribution is -0.137. The fraction of sp³-hybridized carbons (Fsp3) is 0.412. The van der Waals surface area contributed by atoms with Gasteiger partial charge in [0.25, 0.3) is 0 Å². The van der Waals surface area contributed by atoms with Crippen LogP contribution in [0.4, 0.5) is 30.6 Å². The van der Waals surface area contributed by atoms with E-state index in [9.17, 15) is 13.2 Å². The van der Waals surface area contributed by atoms with Crippen LogP contribution in [0.15, 0.2) is 18.7 Å². The monoisotopic (exact) mass is 392 g/mol. The van der Waals surface area contributed by atoms with Crippen LogP contribution in [0.3, 0.4) is 0 Å². The van der Waals surface area contributed by atoms with Gasteiger partial charge in [-0.2, -0.15) is 23.3 Å². The van der Waals surface area contributed by atoms with Gasteiger partial charge in [0.1, 0.15) is 11.4 Å². The van der Waals surface area contributed by atoms with Gasteiger partial charge < -0.3 is 15.6 Å². The smallest absolute Gasteiger partial charge is 0.370 e. The highest BCUT2D eigenvalue weighted by Gasteiger charge is 2.35. The van der Waals surface area contributed by atoms with Crippen LogP contribution in [0.25, 0.3) is 0 Å². The number of hydrogen-bond donors (Lipinski definition) is 3. The minimum Gasteiger partial charge on any atom is -0.370 e. The SMILES string of the molecule is CCNc1nc(Nc2cn(C3CCc4nc[nH]c43)nc2C)ncc1C(F)(F)F. The molecule has 1 atom stereocenters. The number of aromatic nitrogens is 6. The van der Waals surface area contributed by atoms with Gasteiger partial charge in [0.05, 0.1) is 35.1 Å². The molecule has 0 spiro atoms. The van der Waals surface area contributed by atoms with E-state index in [0.29, 0.717) is 17.9 Å². The summed E-state index contributed by atoms with van der Waals surface area (Å²) in [6.45, 7) is 3.83. The number of aromatic amines is 1. The van der Waals surface area contributed by atoms with E-state index in [2.05, 4.69) is 35.7 Å². The van der Waals surface area contributed by atoms with E-state index >= 15 is 0 Å². The van der Waals surface area contributed by atoms with Crippen molar-refractivity contribution in [1.82, 2.24) is 29.7 Å². The molecule has 0 aliphatic heterocycles. The summed E-state index contributed by atoms with van der Waals surface area (Å²) in [5, 5.41) is 10.1. The Labute approximate surface area is 158 Å². The second-order valence-electron chi connectivity index (χ2n) is 6.53. The van der Waals surface area contributed by atoms with E-state index < -0.39 is 11.7 Å². The molecule has 1 unspecified atom stereocenters. The van der Waals surface area contributed by atoms with Crippen LogP contribution >= 0.6 is 0 Å². The molecule has 0 saturated heterocycles. The number of fused-ring (bicyclic) bond motifs is 1. The molecule has 0 saturated carbocycles.